The van der Waals surface area contributed by atoms with Crippen LogP contribution in [0.25, 0.3) is 10.2 Å². The van der Waals surface area contributed by atoms with Crippen LogP contribution in [0.5, 0.6) is 0 Å². The minimum absolute atomic E-state index is 0.243. The van der Waals surface area contributed by atoms with Gasteiger partial charge in [-0.15, -0.1) is 11.3 Å². The number of aromatic nitrogens is 1. The van der Waals surface area contributed by atoms with Crippen LogP contribution in [0.15, 0.2) is 18.2 Å². The molecule has 0 saturated carbocycles. The zero-order valence-electron chi connectivity index (χ0n) is 14.1. The predicted octanol–water partition coefficient (Wildman–Crippen LogP) is 2.55. The molecule has 3 fully saturated rings. The van der Waals surface area contributed by atoms with E-state index in [-0.39, 0.29) is 7.98 Å². The highest BCUT2D eigenvalue weighted by molar-refractivity contribution is 7.80. The fourth-order valence-corrected chi connectivity index (χ4v) is 5.67. The molecule has 3 aliphatic heterocycles. The fraction of sp³-hybridized carbons (Fsp3) is 0.579. The van der Waals surface area contributed by atoms with Crippen molar-refractivity contribution >= 4 is 46.6 Å². The molecule has 0 amide bonds. The molecule has 1 atom stereocenters. The second kappa shape index (κ2) is 6.41. The molecular weight excluding hydrogens is 347 g/mol. The normalized spacial score (nSPS) is 31.6. The van der Waals surface area contributed by atoms with Crippen molar-refractivity contribution in [3.63, 3.8) is 0 Å². The topological polar surface area (TPSA) is 33.1 Å². The Hall–Kier alpha value is -0.815. The van der Waals surface area contributed by atoms with E-state index in [2.05, 4.69) is 25.1 Å². The zero-order valence-corrected chi connectivity index (χ0v) is 15.8. The van der Waals surface area contributed by atoms with Gasteiger partial charge in [0.15, 0.2) is 7.98 Å². The molecule has 0 radical (unpaired) electrons. The maximum atomic E-state index is 11.2. The molecular formula is C19H27BN2OS2. The van der Waals surface area contributed by atoms with Gasteiger partial charge in [0.25, 0.3) is 0 Å². The standard InChI is InChI=1S/C19H27BN2OS2/c1-13-3-2-4-16-18(13)21-17(25-16)11-15(24)5-8-19(23)12-22(20)9-6-14(19)7-10-22/h2-4,14,23H,5-12H2,1,20H3. The van der Waals surface area contributed by atoms with E-state index in [1.54, 1.807) is 11.3 Å². The zero-order chi connectivity index (χ0) is 17.7. The van der Waals surface area contributed by atoms with E-state index in [1.165, 1.54) is 40.6 Å². The van der Waals surface area contributed by atoms with Crippen LogP contribution in [-0.4, -0.2) is 52.6 Å². The molecule has 134 valence electrons. The van der Waals surface area contributed by atoms with Crippen LogP contribution in [-0.2, 0) is 6.42 Å². The molecule has 3 nitrogen and oxygen atoms in total. The molecule has 0 aliphatic carbocycles. The quantitative estimate of drug-likeness (QED) is 0.645. The molecule has 6 heteroatoms. The van der Waals surface area contributed by atoms with E-state index < -0.39 is 5.60 Å². The van der Waals surface area contributed by atoms with Gasteiger partial charge in [0.1, 0.15) is 5.60 Å². The van der Waals surface area contributed by atoms with Crippen molar-refractivity contribution in [1.29, 1.82) is 0 Å². The Balaban J connectivity index is 1.40. The lowest BCUT2D eigenvalue weighted by Crippen LogP contribution is -2.68. The highest BCUT2D eigenvalue weighted by Crippen LogP contribution is 2.41. The summed E-state index contributed by atoms with van der Waals surface area (Å²) in [6.07, 6.45) is 4.94. The van der Waals surface area contributed by atoms with Crippen LogP contribution in [0.4, 0.5) is 0 Å². The highest BCUT2D eigenvalue weighted by atomic mass is 32.1. The molecule has 2 aromatic rings. The van der Waals surface area contributed by atoms with Gasteiger partial charge >= 0.3 is 0 Å². The van der Waals surface area contributed by atoms with E-state index in [1.807, 2.05) is 0 Å². The van der Waals surface area contributed by atoms with Crippen molar-refractivity contribution in [1.82, 2.24) is 4.98 Å². The Morgan fingerprint density at radius 2 is 2.20 bits per heavy atom. The SMILES string of the molecule is [BH3-][N+]12CCC(CC1)C(O)(CCC(=S)Cc1nc3c(C)cccc3s1)C2. The Bertz CT molecular complexity index is 813. The third-order valence-electron chi connectivity index (χ3n) is 5.70. The van der Waals surface area contributed by atoms with Crippen LogP contribution in [0.2, 0.25) is 0 Å². The summed E-state index contributed by atoms with van der Waals surface area (Å²) in [6, 6.07) is 6.35. The maximum Gasteiger partial charge on any atom is 0.169 e. The molecule has 3 aliphatic rings. The molecule has 25 heavy (non-hydrogen) atoms. The van der Waals surface area contributed by atoms with Gasteiger partial charge < -0.3 is 9.50 Å². The molecule has 1 aromatic heterocycles. The van der Waals surface area contributed by atoms with E-state index in [0.29, 0.717) is 5.92 Å². The van der Waals surface area contributed by atoms with E-state index >= 15 is 0 Å². The van der Waals surface area contributed by atoms with Gasteiger partial charge in [-0.1, -0.05) is 24.4 Å². The lowest BCUT2D eigenvalue weighted by Gasteiger charge is -2.60. The van der Waals surface area contributed by atoms with Crippen molar-refractivity contribution in [3.8, 4) is 0 Å². The van der Waals surface area contributed by atoms with Crippen LogP contribution in [0.1, 0.15) is 36.3 Å². The first-order valence-corrected chi connectivity index (χ1v) is 10.1. The molecule has 3 saturated heterocycles. The smallest absolute Gasteiger partial charge is 0.169 e. The van der Waals surface area contributed by atoms with Crippen molar-refractivity contribution in [2.24, 2.45) is 5.92 Å². The molecule has 4 heterocycles. The molecule has 2 bridgehead atoms. The van der Waals surface area contributed by atoms with Gasteiger partial charge in [-0.2, -0.15) is 0 Å². The van der Waals surface area contributed by atoms with E-state index in [0.717, 1.165) is 41.2 Å². The average molecular weight is 374 g/mol. The first-order valence-electron chi connectivity index (χ1n) is 8.85. The molecule has 1 aromatic carbocycles. The second-order valence-corrected chi connectivity index (χ2v) is 9.09. The van der Waals surface area contributed by atoms with Gasteiger partial charge in [-0.05, 0) is 49.1 Å². The third-order valence-corrected chi connectivity index (χ3v) is 7.06. The van der Waals surface area contributed by atoms with Crippen LogP contribution >= 0.6 is 23.6 Å². The van der Waals surface area contributed by atoms with Crippen LogP contribution in [0.3, 0.4) is 0 Å². The van der Waals surface area contributed by atoms with Gasteiger partial charge in [-0.3, -0.25) is 0 Å². The number of rotatable bonds is 5. The van der Waals surface area contributed by atoms with Gasteiger partial charge in [0.2, 0.25) is 0 Å². The van der Waals surface area contributed by atoms with Gasteiger partial charge in [0, 0.05) is 25.4 Å². The number of hydrogen-bond acceptors (Lipinski definition) is 4. The monoisotopic (exact) mass is 374 g/mol. The number of piperidine rings is 3. The number of thiazole rings is 1. The van der Waals surface area contributed by atoms with Crippen molar-refractivity contribution in [3.05, 3.63) is 28.8 Å². The van der Waals surface area contributed by atoms with E-state index in [9.17, 15) is 5.11 Å². The van der Waals surface area contributed by atoms with E-state index in [4.69, 9.17) is 17.2 Å². The minimum atomic E-state index is -0.452. The number of thiocarbonyl (C=S) groups is 1. The largest absolute Gasteiger partial charge is 0.520 e. The maximum absolute atomic E-state index is 11.2. The second-order valence-electron chi connectivity index (χ2n) is 7.40. The number of fused-ring (bicyclic) bond motifs is 4. The van der Waals surface area contributed by atoms with Gasteiger partial charge in [0.05, 0.1) is 21.8 Å². The van der Waals surface area contributed by atoms with Crippen molar-refractivity contribution in [2.45, 2.75) is 44.6 Å². The number of nitrogens with zero attached hydrogens (tertiary/aromatic N) is 2. The summed E-state index contributed by atoms with van der Waals surface area (Å²) in [6.45, 7) is 5.80. The lowest BCUT2D eigenvalue weighted by molar-refractivity contribution is -0.846. The summed E-state index contributed by atoms with van der Waals surface area (Å²) >= 11 is 7.43. The Labute approximate surface area is 160 Å². The first-order chi connectivity index (χ1) is 11.9. The summed E-state index contributed by atoms with van der Waals surface area (Å²) in [5.41, 5.74) is 1.90. The molecule has 0 spiro atoms. The van der Waals surface area contributed by atoms with Gasteiger partial charge in [-0.25, -0.2) is 4.98 Å². The first kappa shape index (κ1) is 17.6. The van der Waals surface area contributed by atoms with Crippen molar-refractivity contribution in [2.75, 3.05) is 19.6 Å². The Morgan fingerprint density at radius 3 is 2.88 bits per heavy atom. The Morgan fingerprint density at radius 1 is 1.44 bits per heavy atom. The van der Waals surface area contributed by atoms with Crippen LogP contribution < -0.4 is 0 Å². The fourth-order valence-electron chi connectivity index (χ4n) is 4.25. The number of aliphatic hydroxyl groups is 1. The molecule has 1 unspecified atom stereocenters. The van der Waals surface area contributed by atoms with Crippen LogP contribution in [0, 0.1) is 12.8 Å². The summed E-state index contributed by atoms with van der Waals surface area (Å²) in [5, 5.41) is 12.4. The lowest BCUT2D eigenvalue weighted by atomic mass is 9.69. The summed E-state index contributed by atoms with van der Waals surface area (Å²) in [5.74, 6) is 0.513. The summed E-state index contributed by atoms with van der Waals surface area (Å²) < 4.78 is 2.54. The minimum Gasteiger partial charge on any atom is -0.520 e. The summed E-state index contributed by atoms with van der Waals surface area (Å²) in [7, 11) is 0.243. The number of hydrogen-bond donors (Lipinski definition) is 1. The molecule has 1 N–H and O–H groups in total. The van der Waals surface area contributed by atoms with Crippen molar-refractivity contribution < 1.29 is 9.50 Å². The molecule has 5 rings (SSSR count). The number of quaternary nitrogens is 1. The average Bonchev–Trinajstić information content (AvgIpc) is 2.97. The highest BCUT2D eigenvalue weighted by Gasteiger charge is 2.49. The Kier molecular flexibility index (Phi) is 4.51. The predicted molar refractivity (Wildman–Crippen MR) is 112 cm³/mol. The number of aryl methyl sites for hydroxylation is 1. The number of para-hydroxylation sites is 1. The number of benzene rings is 1. The third kappa shape index (κ3) is 3.42. The summed E-state index contributed by atoms with van der Waals surface area (Å²) in [4.78, 5) is 5.84.